The summed E-state index contributed by atoms with van der Waals surface area (Å²) in [6.45, 7) is 1.08. The van der Waals surface area contributed by atoms with Gasteiger partial charge < -0.3 is 10.6 Å². The van der Waals surface area contributed by atoms with Gasteiger partial charge in [0.15, 0.2) is 0 Å². The lowest BCUT2D eigenvalue weighted by Gasteiger charge is -2.32. The Morgan fingerprint density at radius 1 is 0.893 bits per heavy atom. The van der Waals surface area contributed by atoms with Crippen LogP contribution in [0.3, 0.4) is 0 Å². The molecule has 3 aromatic carbocycles. The van der Waals surface area contributed by atoms with E-state index in [4.69, 9.17) is 5.73 Å². The molecule has 0 unspecified atom stereocenters. The van der Waals surface area contributed by atoms with Crippen LogP contribution < -0.4 is 5.73 Å². The molecule has 1 aliphatic rings. The maximum atomic E-state index is 13.7. The zero-order valence-corrected chi connectivity index (χ0v) is 16.0. The summed E-state index contributed by atoms with van der Waals surface area (Å²) in [5, 5.41) is 0. The number of nitrogens with zero attached hydrogens (tertiary/aromatic N) is 1. The summed E-state index contributed by atoms with van der Waals surface area (Å²) in [4.78, 5) is 15.7. The van der Waals surface area contributed by atoms with E-state index in [1.165, 1.54) is 0 Å². The van der Waals surface area contributed by atoms with Gasteiger partial charge in [0.05, 0.1) is 0 Å². The molecule has 1 aliphatic carbocycles. The Kier molecular flexibility index (Phi) is 5.54. The first-order valence-corrected chi connectivity index (χ1v) is 9.97. The van der Waals surface area contributed by atoms with Crippen molar-refractivity contribution in [3.8, 4) is 11.1 Å². The number of carbonyl (C=O) groups is 1. The van der Waals surface area contributed by atoms with Crippen LogP contribution in [0.25, 0.3) is 11.1 Å². The highest BCUT2D eigenvalue weighted by Gasteiger charge is 2.37. The fraction of sp³-hybridized carbons (Fsp3) is 0.240. The molecule has 3 nitrogen and oxygen atoms in total. The molecule has 2 N–H and O–H groups in total. The van der Waals surface area contributed by atoms with E-state index in [1.54, 1.807) is 0 Å². The molecule has 142 valence electrons. The third-order valence-corrected chi connectivity index (χ3v) is 5.51. The van der Waals surface area contributed by atoms with Gasteiger partial charge in [-0.1, -0.05) is 78.9 Å². The van der Waals surface area contributed by atoms with Crippen LogP contribution in [-0.4, -0.2) is 23.4 Å². The molecule has 0 aromatic heterocycles. The summed E-state index contributed by atoms with van der Waals surface area (Å²) in [6, 6.07) is 28.3. The predicted molar refractivity (Wildman–Crippen MR) is 114 cm³/mol. The van der Waals surface area contributed by atoms with Gasteiger partial charge in [-0.05, 0) is 41.5 Å². The van der Waals surface area contributed by atoms with E-state index in [0.29, 0.717) is 19.0 Å². The molecule has 4 rings (SSSR count). The minimum absolute atomic E-state index is 0.0608. The van der Waals surface area contributed by atoms with Crippen molar-refractivity contribution in [3.63, 3.8) is 0 Å². The van der Waals surface area contributed by atoms with Gasteiger partial charge in [0.25, 0.3) is 5.91 Å². The average Bonchev–Trinajstić information content (AvgIpc) is 3.60. The number of nitrogens with two attached hydrogens (primary N) is 1. The van der Waals surface area contributed by atoms with Crippen molar-refractivity contribution < 1.29 is 4.79 Å². The standard InChI is InChI=1S/C25H26N2O/c26-17-24(21-15-16-21)27(18-19-9-3-1-4-10-19)25(28)23-14-8-7-13-22(23)20-11-5-2-6-12-20/h1-14,21,24H,15-18,26H2/t24-/m1/s1. The van der Waals surface area contributed by atoms with Crippen LogP contribution in [0.5, 0.6) is 0 Å². The molecule has 0 bridgehead atoms. The molecular weight excluding hydrogens is 344 g/mol. The first-order chi connectivity index (χ1) is 13.8. The summed E-state index contributed by atoms with van der Waals surface area (Å²) >= 11 is 0. The first-order valence-electron chi connectivity index (χ1n) is 9.97. The number of rotatable bonds is 7. The highest BCUT2D eigenvalue weighted by atomic mass is 16.2. The zero-order valence-electron chi connectivity index (χ0n) is 16.0. The van der Waals surface area contributed by atoms with E-state index in [9.17, 15) is 4.79 Å². The van der Waals surface area contributed by atoms with Gasteiger partial charge in [-0.15, -0.1) is 0 Å². The Bertz CT molecular complexity index is 920. The summed E-state index contributed by atoms with van der Waals surface area (Å²) < 4.78 is 0. The third kappa shape index (κ3) is 4.00. The maximum Gasteiger partial charge on any atom is 0.255 e. The lowest BCUT2D eigenvalue weighted by Crippen LogP contribution is -2.45. The van der Waals surface area contributed by atoms with Crippen LogP contribution in [0.15, 0.2) is 84.9 Å². The molecule has 1 amide bonds. The highest BCUT2D eigenvalue weighted by molar-refractivity contribution is 6.01. The van der Waals surface area contributed by atoms with E-state index in [0.717, 1.165) is 35.1 Å². The molecule has 28 heavy (non-hydrogen) atoms. The van der Waals surface area contributed by atoms with Crippen LogP contribution in [0.1, 0.15) is 28.8 Å². The van der Waals surface area contributed by atoms with Crippen molar-refractivity contribution in [3.05, 3.63) is 96.1 Å². The van der Waals surface area contributed by atoms with Crippen LogP contribution in [-0.2, 0) is 6.54 Å². The van der Waals surface area contributed by atoms with E-state index in [-0.39, 0.29) is 11.9 Å². The quantitative estimate of drug-likeness (QED) is 0.653. The number of amides is 1. The Hall–Kier alpha value is -2.91. The Morgan fingerprint density at radius 3 is 2.14 bits per heavy atom. The van der Waals surface area contributed by atoms with Gasteiger partial charge in [-0.3, -0.25) is 4.79 Å². The van der Waals surface area contributed by atoms with Gasteiger partial charge in [0.2, 0.25) is 0 Å². The molecule has 3 aromatic rings. The summed E-state index contributed by atoms with van der Waals surface area (Å²) in [7, 11) is 0. The van der Waals surface area contributed by atoms with Crippen molar-refractivity contribution in [1.29, 1.82) is 0 Å². The van der Waals surface area contributed by atoms with Crippen molar-refractivity contribution in [2.45, 2.75) is 25.4 Å². The maximum absolute atomic E-state index is 13.7. The smallest absolute Gasteiger partial charge is 0.255 e. The Balaban J connectivity index is 1.72. The first kappa shape index (κ1) is 18.5. The molecule has 0 spiro atoms. The second kappa shape index (κ2) is 8.41. The lowest BCUT2D eigenvalue weighted by atomic mass is 9.97. The summed E-state index contributed by atoms with van der Waals surface area (Å²) in [5.41, 5.74) is 10.0. The van der Waals surface area contributed by atoms with Crippen LogP contribution in [0.2, 0.25) is 0 Å². The number of carbonyl (C=O) groups excluding carboxylic acids is 1. The SMILES string of the molecule is NC[C@H](C1CC1)N(Cc1ccccc1)C(=O)c1ccccc1-c1ccccc1. The summed E-state index contributed by atoms with van der Waals surface area (Å²) in [6.07, 6.45) is 2.31. The molecule has 1 fully saturated rings. The van der Waals surface area contributed by atoms with Crippen LogP contribution in [0.4, 0.5) is 0 Å². The van der Waals surface area contributed by atoms with Gasteiger partial charge in [-0.2, -0.15) is 0 Å². The summed E-state index contributed by atoms with van der Waals surface area (Å²) in [5.74, 6) is 0.576. The second-order valence-corrected chi connectivity index (χ2v) is 7.47. The van der Waals surface area contributed by atoms with Gasteiger partial charge in [0.1, 0.15) is 0 Å². The van der Waals surface area contributed by atoms with Crippen molar-refractivity contribution in [1.82, 2.24) is 4.90 Å². The largest absolute Gasteiger partial charge is 0.330 e. The van der Waals surface area contributed by atoms with Gasteiger partial charge >= 0.3 is 0 Å². The molecule has 3 heteroatoms. The minimum atomic E-state index is 0.0608. The predicted octanol–water partition coefficient (Wildman–Crippen LogP) is 4.73. The van der Waals surface area contributed by atoms with Gasteiger partial charge in [0, 0.05) is 24.7 Å². The lowest BCUT2D eigenvalue weighted by molar-refractivity contribution is 0.0644. The van der Waals surface area contributed by atoms with E-state index in [1.807, 2.05) is 65.6 Å². The third-order valence-electron chi connectivity index (χ3n) is 5.51. The number of hydrogen-bond donors (Lipinski definition) is 1. The molecule has 0 radical (unpaired) electrons. The van der Waals surface area contributed by atoms with Crippen molar-refractivity contribution in [2.24, 2.45) is 11.7 Å². The molecule has 0 saturated heterocycles. The van der Waals surface area contributed by atoms with E-state index >= 15 is 0 Å². The highest BCUT2D eigenvalue weighted by Crippen LogP contribution is 2.37. The van der Waals surface area contributed by atoms with E-state index in [2.05, 4.69) is 24.3 Å². The van der Waals surface area contributed by atoms with Crippen molar-refractivity contribution >= 4 is 5.91 Å². The molecule has 1 saturated carbocycles. The fourth-order valence-electron chi connectivity index (χ4n) is 3.87. The zero-order chi connectivity index (χ0) is 19.3. The molecule has 1 atom stereocenters. The average molecular weight is 370 g/mol. The molecule has 0 heterocycles. The number of hydrogen-bond acceptors (Lipinski definition) is 2. The topological polar surface area (TPSA) is 46.3 Å². The monoisotopic (exact) mass is 370 g/mol. The van der Waals surface area contributed by atoms with Crippen LogP contribution in [0, 0.1) is 5.92 Å². The Labute approximate surface area is 166 Å². The minimum Gasteiger partial charge on any atom is -0.330 e. The Morgan fingerprint density at radius 2 is 1.50 bits per heavy atom. The fourth-order valence-corrected chi connectivity index (χ4v) is 3.87. The van der Waals surface area contributed by atoms with E-state index < -0.39 is 0 Å². The normalized spacial score (nSPS) is 14.5. The second-order valence-electron chi connectivity index (χ2n) is 7.47. The van der Waals surface area contributed by atoms with Crippen LogP contribution >= 0.6 is 0 Å². The van der Waals surface area contributed by atoms with Crippen molar-refractivity contribution in [2.75, 3.05) is 6.54 Å². The number of benzene rings is 3. The molecule has 0 aliphatic heterocycles. The van der Waals surface area contributed by atoms with Gasteiger partial charge in [-0.25, -0.2) is 0 Å². The molecular formula is C25H26N2O.